The largest absolute Gasteiger partial charge is 0.394 e. The molecule has 19 heavy (non-hydrogen) atoms. The van der Waals surface area contributed by atoms with Gasteiger partial charge in [0.2, 0.25) is 0 Å². The van der Waals surface area contributed by atoms with E-state index in [1.807, 2.05) is 42.1 Å². The Morgan fingerprint density at radius 1 is 1.42 bits per heavy atom. The van der Waals surface area contributed by atoms with Crippen LogP contribution in [0, 0.1) is 0 Å². The third kappa shape index (κ3) is 2.02. The normalized spacial score (nSPS) is 19.3. The zero-order chi connectivity index (χ0) is 13.4. The summed E-state index contributed by atoms with van der Waals surface area (Å²) in [6.45, 7) is 0.802. The molecular formula is C15H18N2O2. The van der Waals surface area contributed by atoms with Crippen LogP contribution in [-0.2, 0) is 7.05 Å². The van der Waals surface area contributed by atoms with Gasteiger partial charge in [-0.15, -0.1) is 0 Å². The van der Waals surface area contributed by atoms with Gasteiger partial charge >= 0.3 is 0 Å². The van der Waals surface area contributed by atoms with E-state index in [4.69, 9.17) is 0 Å². The lowest BCUT2D eigenvalue weighted by Gasteiger charge is -2.23. The van der Waals surface area contributed by atoms with Crippen LogP contribution in [-0.4, -0.2) is 39.7 Å². The van der Waals surface area contributed by atoms with E-state index < -0.39 is 0 Å². The van der Waals surface area contributed by atoms with Crippen LogP contribution in [0.1, 0.15) is 23.2 Å². The molecule has 0 aliphatic carbocycles. The van der Waals surface area contributed by atoms with Gasteiger partial charge in [0.15, 0.2) is 0 Å². The van der Waals surface area contributed by atoms with Crippen LogP contribution in [0.4, 0.5) is 0 Å². The quantitative estimate of drug-likeness (QED) is 0.892. The number of aliphatic hydroxyl groups is 1. The number of nitrogens with zero attached hydrogens (tertiary/aromatic N) is 2. The summed E-state index contributed by atoms with van der Waals surface area (Å²) in [4.78, 5) is 14.3. The molecule has 1 aromatic carbocycles. The molecule has 2 aromatic rings. The van der Waals surface area contributed by atoms with E-state index >= 15 is 0 Å². The predicted molar refractivity (Wildman–Crippen MR) is 74.1 cm³/mol. The van der Waals surface area contributed by atoms with Gasteiger partial charge in [-0.05, 0) is 37.1 Å². The van der Waals surface area contributed by atoms with Gasteiger partial charge in [0.05, 0.1) is 12.6 Å². The Labute approximate surface area is 112 Å². The van der Waals surface area contributed by atoms with Crippen LogP contribution >= 0.6 is 0 Å². The summed E-state index contributed by atoms with van der Waals surface area (Å²) < 4.78 is 2.04. The minimum absolute atomic E-state index is 0.0148. The van der Waals surface area contributed by atoms with Crippen LogP contribution in [0.15, 0.2) is 30.5 Å². The fourth-order valence-corrected chi connectivity index (χ4v) is 2.87. The maximum Gasteiger partial charge on any atom is 0.254 e. The molecule has 0 radical (unpaired) electrons. The second-order valence-corrected chi connectivity index (χ2v) is 5.18. The highest BCUT2D eigenvalue weighted by Gasteiger charge is 2.28. The zero-order valence-electron chi connectivity index (χ0n) is 11.0. The van der Waals surface area contributed by atoms with E-state index in [9.17, 15) is 9.90 Å². The summed E-state index contributed by atoms with van der Waals surface area (Å²) in [5.74, 6) is 0.0299. The van der Waals surface area contributed by atoms with E-state index in [0.717, 1.165) is 30.3 Å². The minimum Gasteiger partial charge on any atom is -0.394 e. The van der Waals surface area contributed by atoms with Gasteiger partial charge in [-0.2, -0.15) is 0 Å². The number of likely N-dealkylation sites (tertiary alicyclic amines) is 1. The SMILES string of the molecule is Cn1ccc2cc(C(=O)N3CCCC3CO)ccc21. The van der Waals surface area contributed by atoms with Crippen molar-refractivity contribution in [1.82, 2.24) is 9.47 Å². The third-order valence-electron chi connectivity index (χ3n) is 3.98. The smallest absolute Gasteiger partial charge is 0.254 e. The number of aliphatic hydroxyl groups excluding tert-OH is 1. The molecule has 4 nitrogen and oxygen atoms in total. The number of amides is 1. The number of benzene rings is 1. The van der Waals surface area contributed by atoms with E-state index in [1.165, 1.54) is 0 Å². The van der Waals surface area contributed by atoms with Gasteiger partial charge < -0.3 is 14.6 Å². The number of rotatable bonds is 2. The van der Waals surface area contributed by atoms with Crippen molar-refractivity contribution in [3.05, 3.63) is 36.0 Å². The molecule has 1 aromatic heterocycles. The van der Waals surface area contributed by atoms with Crippen molar-refractivity contribution >= 4 is 16.8 Å². The van der Waals surface area contributed by atoms with Crippen molar-refractivity contribution in [1.29, 1.82) is 0 Å². The van der Waals surface area contributed by atoms with Crippen molar-refractivity contribution in [3.63, 3.8) is 0 Å². The van der Waals surface area contributed by atoms with Crippen molar-refractivity contribution < 1.29 is 9.90 Å². The molecular weight excluding hydrogens is 240 g/mol. The Morgan fingerprint density at radius 2 is 2.26 bits per heavy atom. The van der Waals surface area contributed by atoms with Crippen molar-refractivity contribution in [2.45, 2.75) is 18.9 Å². The summed E-state index contributed by atoms with van der Waals surface area (Å²) in [5.41, 5.74) is 1.83. The van der Waals surface area contributed by atoms with Gasteiger partial charge in [0.1, 0.15) is 0 Å². The molecule has 3 rings (SSSR count). The molecule has 1 atom stereocenters. The van der Waals surface area contributed by atoms with Crippen molar-refractivity contribution in [2.75, 3.05) is 13.2 Å². The lowest BCUT2D eigenvalue weighted by atomic mass is 10.1. The van der Waals surface area contributed by atoms with Crippen LogP contribution in [0.3, 0.4) is 0 Å². The predicted octanol–water partition coefficient (Wildman–Crippen LogP) is 1.78. The number of aryl methyl sites for hydroxylation is 1. The summed E-state index contributed by atoms with van der Waals surface area (Å²) in [6.07, 6.45) is 3.87. The molecule has 1 saturated heterocycles. The second kappa shape index (κ2) is 4.70. The lowest BCUT2D eigenvalue weighted by molar-refractivity contribution is 0.0678. The van der Waals surface area contributed by atoms with Gasteiger partial charge in [0.25, 0.3) is 5.91 Å². The minimum atomic E-state index is -0.0148. The summed E-state index contributed by atoms with van der Waals surface area (Å²) in [5, 5.41) is 10.4. The number of hydrogen-bond acceptors (Lipinski definition) is 2. The van der Waals surface area contributed by atoms with Gasteiger partial charge in [0, 0.05) is 36.3 Å². The molecule has 0 bridgehead atoms. The average molecular weight is 258 g/mol. The number of carbonyl (C=O) groups is 1. The summed E-state index contributed by atoms with van der Waals surface area (Å²) in [6, 6.07) is 7.78. The fraction of sp³-hybridized carbons (Fsp3) is 0.400. The Kier molecular flexibility index (Phi) is 3.03. The maximum atomic E-state index is 12.5. The topological polar surface area (TPSA) is 45.5 Å². The Hall–Kier alpha value is -1.81. The van der Waals surface area contributed by atoms with E-state index in [-0.39, 0.29) is 18.6 Å². The average Bonchev–Trinajstić information content (AvgIpc) is 3.04. The van der Waals surface area contributed by atoms with Crippen LogP contribution in [0.5, 0.6) is 0 Å². The highest BCUT2D eigenvalue weighted by molar-refractivity contribution is 5.98. The first kappa shape index (κ1) is 12.2. The molecule has 1 unspecified atom stereocenters. The number of aromatic nitrogens is 1. The molecule has 0 saturated carbocycles. The van der Waals surface area contributed by atoms with Gasteiger partial charge in [-0.1, -0.05) is 0 Å². The van der Waals surface area contributed by atoms with Crippen LogP contribution in [0.2, 0.25) is 0 Å². The monoisotopic (exact) mass is 258 g/mol. The zero-order valence-corrected chi connectivity index (χ0v) is 11.0. The first-order chi connectivity index (χ1) is 9.20. The molecule has 100 valence electrons. The summed E-state index contributed by atoms with van der Waals surface area (Å²) in [7, 11) is 1.99. The molecule has 1 N–H and O–H groups in total. The standard InChI is InChI=1S/C15H18N2O2/c1-16-8-6-11-9-12(4-5-14(11)16)15(19)17-7-2-3-13(17)10-18/h4-6,8-9,13,18H,2-3,7,10H2,1H3. The Balaban J connectivity index is 1.93. The number of hydrogen-bond donors (Lipinski definition) is 1. The lowest BCUT2D eigenvalue weighted by Crippen LogP contribution is -2.37. The van der Waals surface area contributed by atoms with Crippen LogP contribution < -0.4 is 0 Å². The second-order valence-electron chi connectivity index (χ2n) is 5.18. The molecule has 1 fully saturated rings. The molecule has 1 amide bonds. The van der Waals surface area contributed by atoms with Crippen molar-refractivity contribution in [2.24, 2.45) is 7.05 Å². The molecule has 2 heterocycles. The molecule has 1 aliphatic heterocycles. The third-order valence-corrected chi connectivity index (χ3v) is 3.98. The molecule has 1 aliphatic rings. The molecule has 0 spiro atoms. The van der Waals surface area contributed by atoms with Crippen molar-refractivity contribution in [3.8, 4) is 0 Å². The van der Waals surface area contributed by atoms with E-state index in [2.05, 4.69) is 0 Å². The Morgan fingerprint density at radius 3 is 3.05 bits per heavy atom. The first-order valence-corrected chi connectivity index (χ1v) is 6.67. The van der Waals surface area contributed by atoms with Gasteiger partial charge in [-0.25, -0.2) is 0 Å². The highest BCUT2D eigenvalue weighted by atomic mass is 16.3. The van der Waals surface area contributed by atoms with E-state index in [0.29, 0.717) is 5.56 Å². The number of carbonyl (C=O) groups excluding carboxylic acids is 1. The maximum absolute atomic E-state index is 12.5. The van der Waals surface area contributed by atoms with E-state index in [1.54, 1.807) is 4.90 Å². The fourth-order valence-electron chi connectivity index (χ4n) is 2.87. The van der Waals surface area contributed by atoms with Gasteiger partial charge in [-0.3, -0.25) is 4.79 Å². The highest BCUT2D eigenvalue weighted by Crippen LogP contribution is 2.22. The molecule has 4 heteroatoms. The first-order valence-electron chi connectivity index (χ1n) is 6.67. The summed E-state index contributed by atoms with van der Waals surface area (Å²) >= 11 is 0. The van der Waals surface area contributed by atoms with Crippen LogP contribution in [0.25, 0.3) is 10.9 Å². The number of fused-ring (bicyclic) bond motifs is 1. The Bertz CT molecular complexity index is 618.